The summed E-state index contributed by atoms with van der Waals surface area (Å²) in [4.78, 5) is 0. The Labute approximate surface area is 116 Å². The summed E-state index contributed by atoms with van der Waals surface area (Å²) in [5.74, 6) is 1.79. The van der Waals surface area contributed by atoms with Crippen molar-refractivity contribution in [3.63, 3.8) is 0 Å². The van der Waals surface area contributed by atoms with Gasteiger partial charge in [0.25, 0.3) is 0 Å². The lowest BCUT2D eigenvalue weighted by atomic mass is 9.76. The van der Waals surface area contributed by atoms with Crippen LogP contribution in [0.4, 0.5) is 0 Å². The molecule has 0 aromatic heterocycles. The molecule has 0 saturated heterocycles. The van der Waals surface area contributed by atoms with Gasteiger partial charge in [0.1, 0.15) is 0 Å². The first-order valence-electron chi connectivity index (χ1n) is 7.86. The summed E-state index contributed by atoms with van der Waals surface area (Å²) in [7, 11) is 0. The third-order valence-corrected chi connectivity index (χ3v) is 4.81. The minimum atomic E-state index is 0.791. The van der Waals surface area contributed by atoms with Crippen molar-refractivity contribution < 1.29 is 0 Å². The van der Waals surface area contributed by atoms with E-state index in [0.717, 1.165) is 11.8 Å². The van der Waals surface area contributed by atoms with Gasteiger partial charge in [0.15, 0.2) is 0 Å². The van der Waals surface area contributed by atoms with Crippen LogP contribution in [0.1, 0.15) is 56.9 Å². The zero-order valence-electron chi connectivity index (χ0n) is 11.9. The highest BCUT2D eigenvalue weighted by atomic mass is 14.3. The smallest absolute Gasteiger partial charge is 0.0149 e. The molecule has 2 aromatic carbocycles. The Morgan fingerprint density at radius 3 is 2.42 bits per heavy atom. The van der Waals surface area contributed by atoms with Crippen molar-refractivity contribution in [1.82, 2.24) is 0 Å². The largest absolute Gasteiger partial charge is 0.0654 e. The lowest BCUT2D eigenvalue weighted by Crippen LogP contribution is -2.13. The van der Waals surface area contributed by atoms with Crippen molar-refractivity contribution in [1.29, 1.82) is 0 Å². The Balaban J connectivity index is 1.82. The van der Waals surface area contributed by atoms with Gasteiger partial charge < -0.3 is 0 Å². The Kier molecular flexibility index (Phi) is 3.87. The quantitative estimate of drug-likeness (QED) is 0.636. The van der Waals surface area contributed by atoms with E-state index in [9.17, 15) is 0 Å². The van der Waals surface area contributed by atoms with Crippen molar-refractivity contribution in [3.05, 3.63) is 48.0 Å². The molecule has 1 saturated carbocycles. The summed E-state index contributed by atoms with van der Waals surface area (Å²) in [5, 5.41) is 2.87. The summed E-state index contributed by atoms with van der Waals surface area (Å²) in [6.07, 6.45) is 8.42. The number of hydrogen-bond donors (Lipinski definition) is 0. The van der Waals surface area contributed by atoms with Crippen LogP contribution in [0, 0.1) is 5.92 Å². The van der Waals surface area contributed by atoms with E-state index in [1.165, 1.54) is 49.3 Å². The summed E-state index contributed by atoms with van der Waals surface area (Å²) in [6.45, 7) is 2.32. The van der Waals surface area contributed by atoms with E-state index in [0.29, 0.717) is 0 Å². The van der Waals surface area contributed by atoms with Crippen LogP contribution in [0.2, 0.25) is 0 Å². The molecule has 19 heavy (non-hydrogen) atoms. The normalized spacial score (nSPS) is 23.6. The van der Waals surface area contributed by atoms with Gasteiger partial charge in [-0.1, -0.05) is 62.2 Å². The van der Waals surface area contributed by atoms with Crippen LogP contribution in [-0.4, -0.2) is 0 Å². The minimum absolute atomic E-state index is 0.791. The summed E-state index contributed by atoms with van der Waals surface area (Å²) >= 11 is 0. The average molecular weight is 252 g/mol. The van der Waals surface area contributed by atoms with E-state index in [1.54, 1.807) is 5.56 Å². The molecule has 1 aliphatic carbocycles. The molecule has 0 bridgehead atoms. The molecular formula is C19H24. The van der Waals surface area contributed by atoms with Gasteiger partial charge >= 0.3 is 0 Å². The molecule has 3 rings (SSSR count). The van der Waals surface area contributed by atoms with Gasteiger partial charge in [-0.05, 0) is 53.9 Å². The Bertz CT molecular complexity index is 527. The maximum atomic E-state index is 2.35. The number of benzene rings is 2. The van der Waals surface area contributed by atoms with Gasteiger partial charge in [-0.2, -0.15) is 0 Å². The van der Waals surface area contributed by atoms with Crippen LogP contribution in [0.3, 0.4) is 0 Å². The zero-order valence-corrected chi connectivity index (χ0v) is 11.9. The second kappa shape index (κ2) is 5.77. The van der Waals surface area contributed by atoms with Crippen LogP contribution in [0.15, 0.2) is 42.5 Å². The monoisotopic (exact) mass is 252 g/mol. The lowest BCUT2D eigenvalue weighted by Gasteiger charge is -2.29. The van der Waals surface area contributed by atoms with Gasteiger partial charge in [0, 0.05) is 0 Å². The van der Waals surface area contributed by atoms with Crippen LogP contribution < -0.4 is 0 Å². The van der Waals surface area contributed by atoms with Crippen LogP contribution in [-0.2, 0) is 0 Å². The second-order valence-electron chi connectivity index (χ2n) is 6.07. The summed E-state index contributed by atoms with van der Waals surface area (Å²) in [6, 6.07) is 15.7. The Hall–Kier alpha value is -1.30. The topological polar surface area (TPSA) is 0 Å². The highest BCUT2D eigenvalue weighted by Gasteiger charge is 2.22. The molecule has 0 N–H and O–H groups in total. The summed E-state index contributed by atoms with van der Waals surface area (Å²) < 4.78 is 0. The van der Waals surface area contributed by atoms with Gasteiger partial charge in [-0.25, -0.2) is 0 Å². The van der Waals surface area contributed by atoms with Crippen molar-refractivity contribution in [2.24, 2.45) is 5.92 Å². The molecule has 0 nitrogen and oxygen atoms in total. The Morgan fingerprint density at radius 1 is 0.895 bits per heavy atom. The fourth-order valence-corrected chi connectivity index (χ4v) is 3.78. The van der Waals surface area contributed by atoms with E-state index in [-0.39, 0.29) is 0 Å². The molecular weight excluding hydrogens is 228 g/mol. The van der Waals surface area contributed by atoms with E-state index in [2.05, 4.69) is 49.4 Å². The van der Waals surface area contributed by atoms with E-state index in [1.807, 2.05) is 0 Å². The fraction of sp³-hybridized carbons (Fsp3) is 0.474. The number of rotatable bonds is 3. The van der Waals surface area contributed by atoms with Crippen molar-refractivity contribution in [2.45, 2.75) is 51.4 Å². The predicted molar refractivity (Wildman–Crippen MR) is 83.6 cm³/mol. The molecule has 0 heteroatoms. The van der Waals surface area contributed by atoms with Crippen molar-refractivity contribution in [3.8, 4) is 0 Å². The molecule has 0 amide bonds. The molecule has 0 heterocycles. The lowest BCUT2D eigenvalue weighted by molar-refractivity contribution is 0.309. The van der Waals surface area contributed by atoms with E-state index in [4.69, 9.17) is 0 Å². The molecule has 2 aromatic rings. The minimum Gasteiger partial charge on any atom is -0.0654 e. The van der Waals surface area contributed by atoms with Crippen LogP contribution in [0.5, 0.6) is 0 Å². The maximum absolute atomic E-state index is 2.35. The number of fused-ring (bicyclic) bond motifs is 1. The van der Waals surface area contributed by atoms with E-state index < -0.39 is 0 Å². The van der Waals surface area contributed by atoms with Crippen molar-refractivity contribution in [2.75, 3.05) is 0 Å². The van der Waals surface area contributed by atoms with Gasteiger partial charge in [-0.15, -0.1) is 0 Å². The van der Waals surface area contributed by atoms with Crippen molar-refractivity contribution >= 4 is 10.8 Å². The molecule has 0 spiro atoms. The second-order valence-corrected chi connectivity index (χ2v) is 6.07. The maximum Gasteiger partial charge on any atom is -0.0149 e. The van der Waals surface area contributed by atoms with Crippen LogP contribution >= 0.6 is 0 Å². The predicted octanol–water partition coefficient (Wildman–Crippen LogP) is 5.91. The molecule has 0 atom stereocenters. The first kappa shape index (κ1) is 12.7. The third-order valence-electron chi connectivity index (χ3n) is 4.81. The first-order chi connectivity index (χ1) is 9.38. The van der Waals surface area contributed by atoms with E-state index >= 15 is 0 Å². The molecule has 1 aliphatic rings. The van der Waals surface area contributed by atoms with Gasteiger partial charge in [0.05, 0.1) is 0 Å². The van der Waals surface area contributed by atoms with Gasteiger partial charge in [-0.3, -0.25) is 0 Å². The number of hydrogen-bond acceptors (Lipinski definition) is 0. The molecule has 1 fully saturated rings. The SMILES string of the molecule is CCCC1CCC(c2cccc3ccccc23)CC1. The molecule has 0 unspecified atom stereocenters. The van der Waals surface area contributed by atoms with Gasteiger partial charge in [0.2, 0.25) is 0 Å². The molecule has 100 valence electrons. The average Bonchev–Trinajstić information content (AvgIpc) is 2.48. The highest BCUT2D eigenvalue weighted by Crippen LogP contribution is 2.39. The molecule has 0 aliphatic heterocycles. The van der Waals surface area contributed by atoms with Crippen LogP contribution in [0.25, 0.3) is 10.8 Å². The zero-order chi connectivity index (χ0) is 13.1. The molecule has 0 radical (unpaired) electrons. The first-order valence-corrected chi connectivity index (χ1v) is 7.86. The standard InChI is InChI=1S/C19H24/c1-2-6-15-11-13-17(14-12-15)19-10-5-8-16-7-3-4-9-18(16)19/h3-5,7-10,15,17H,2,6,11-14H2,1H3. The highest BCUT2D eigenvalue weighted by molar-refractivity contribution is 5.86. The summed E-state index contributed by atoms with van der Waals surface area (Å²) in [5.41, 5.74) is 1.59. The third kappa shape index (κ3) is 2.68. The Morgan fingerprint density at radius 2 is 1.63 bits per heavy atom. The fourth-order valence-electron chi connectivity index (χ4n) is 3.78.